The van der Waals surface area contributed by atoms with Crippen LogP contribution >= 0.6 is 0 Å². The molecule has 3 rings (SSSR count). The van der Waals surface area contributed by atoms with Crippen LogP contribution in [0.5, 0.6) is 5.75 Å². The first-order valence-corrected chi connectivity index (χ1v) is 8.05. The van der Waals surface area contributed by atoms with Gasteiger partial charge in [0, 0.05) is 5.56 Å². The van der Waals surface area contributed by atoms with Crippen LogP contribution in [-0.2, 0) is 12.0 Å². The number of aromatic nitrogens is 2. The SMILES string of the molecule is Cc1ccccc1-c1nnc(COc2cccc(C(C)(C)C)c2)o1. The van der Waals surface area contributed by atoms with Gasteiger partial charge in [-0.3, -0.25) is 0 Å². The van der Waals surface area contributed by atoms with Crippen LogP contribution in [0.4, 0.5) is 0 Å². The van der Waals surface area contributed by atoms with Gasteiger partial charge in [-0.05, 0) is 41.7 Å². The predicted octanol–water partition coefficient (Wildman–Crippen LogP) is 4.92. The number of ether oxygens (including phenoxy) is 1. The Morgan fingerprint density at radius 2 is 1.79 bits per heavy atom. The maximum absolute atomic E-state index is 5.81. The molecule has 2 aromatic carbocycles. The maximum atomic E-state index is 5.81. The molecule has 0 saturated heterocycles. The molecule has 1 aromatic heterocycles. The molecule has 0 atom stereocenters. The van der Waals surface area contributed by atoms with E-state index in [0.717, 1.165) is 16.9 Å². The zero-order chi connectivity index (χ0) is 17.2. The Hall–Kier alpha value is -2.62. The van der Waals surface area contributed by atoms with Crippen molar-refractivity contribution in [2.45, 2.75) is 39.7 Å². The summed E-state index contributed by atoms with van der Waals surface area (Å²) in [5.74, 6) is 1.79. The van der Waals surface area contributed by atoms with E-state index in [0.29, 0.717) is 11.8 Å². The predicted molar refractivity (Wildman–Crippen MR) is 93.9 cm³/mol. The number of benzene rings is 2. The number of rotatable bonds is 4. The molecule has 0 unspecified atom stereocenters. The lowest BCUT2D eigenvalue weighted by Crippen LogP contribution is -2.11. The highest BCUT2D eigenvalue weighted by Gasteiger charge is 2.15. The van der Waals surface area contributed by atoms with E-state index in [1.807, 2.05) is 43.3 Å². The molecule has 3 aromatic rings. The van der Waals surface area contributed by atoms with Gasteiger partial charge in [-0.15, -0.1) is 10.2 Å². The van der Waals surface area contributed by atoms with Crippen molar-refractivity contribution >= 4 is 0 Å². The van der Waals surface area contributed by atoms with Crippen LogP contribution in [-0.4, -0.2) is 10.2 Å². The highest BCUT2D eigenvalue weighted by atomic mass is 16.5. The molecule has 4 heteroatoms. The lowest BCUT2D eigenvalue weighted by atomic mass is 9.87. The zero-order valence-corrected chi connectivity index (χ0v) is 14.5. The molecule has 0 aliphatic rings. The lowest BCUT2D eigenvalue weighted by molar-refractivity contribution is 0.264. The molecule has 24 heavy (non-hydrogen) atoms. The Balaban J connectivity index is 1.71. The van der Waals surface area contributed by atoms with Crippen molar-refractivity contribution in [2.24, 2.45) is 0 Å². The number of nitrogens with zero attached hydrogens (tertiary/aromatic N) is 2. The summed E-state index contributed by atoms with van der Waals surface area (Å²) in [6, 6.07) is 16.0. The minimum atomic E-state index is 0.0852. The van der Waals surface area contributed by atoms with E-state index in [2.05, 4.69) is 43.1 Å². The first-order chi connectivity index (χ1) is 11.4. The van der Waals surface area contributed by atoms with Crippen molar-refractivity contribution in [3.63, 3.8) is 0 Å². The lowest BCUT2D eigenvalue weighted by Gasteiger charge is -2.19. The molecule has 124 valence electrons. The van der Waals surface area contributed by atoms with Crippen LogP contribution in [0.25, 0.3) is 11.5 Å². The highest BCUT2D eigenvalue weighted by Crippen LogP contribution is 2.26. The molecule has 0 aliphatic carbocycles. The average molecular weight is 322 g/mol. The molecule has 0 saturated carbocycles. The van der Waals surface area contributed by atoms with Gasteiger partial charge in [0.25, 0.3) is 5.89 Å². The molecule has 0 radical (unpaired) electrons. The molecule has 0 spiro atoms. The third-order valence-corrected chi connectivity index (χ3v) is 3.90. The normalized spacial score (nSPS) is 11.5. The number of hydrogen-bond acceptors (Lipinski definition) is 4. The van der Waals surface area contributed by atoms with Crippen molar-refractivity contribution in [1.29, 1.82) is 0 Å². The van der Waals surface area contributed by atoms with Gasteiger partial charge in [0.2, 0.25) is 5.89 Å². The van der Waals surface area contributed by atoms with E-state index < -0.39 is 0 Å². The van der Waals surface area contributed by atoms with Crippen molar-refractivity contribution < 1.29 is 9.15 Å². The van der Waals surface area contributed by atoms with E-state index in [4.69, 9.17) is 9.15 Å². The third kappa shape index (κ3) is 3.65. The highest BCUT2D eigenvalue weighted by molar-refractivity contribution is 5.57. The second-order valence-corrected chi connectivity index (χ2v) is 6.88. The van der Waals surface area contributed by atoms with Gasteiger partial charge in [0.15, 0.2) is 6.61 Å². The molecule has 0 fully saturated rings. The minimum Gasteiger partial charge on any atom is -0.484 e. The molecule has 0 bridgehead atoms. The van der Waals surface area contributed by atoms with Gasteiger partial charge < -0.3 is 9.15 Å². The van der Waals surface area contributed by atoms with E-state index in [1.165, 1.54) is 5.56 Å². The fourth-order valence-electron chi connectivity index (χ4n) is 2.43. The zero-order valence-electron chi connectivity index (χ0n) is 14.5. The Bertz CT molecular complexity index is 831. The monoisotopic (exact) mass is 322 g/mol. The van der Waals surface area contributed by atoms with E-state index in [1.54, 1.807) is 0 Å². The van der Waals surface area contributed by atoms with E-state index in [-0.39, 0.29) is 12.0 Å². The topological polar surface area (TPSA) is 48.2 Å². The van der Waals surface area contributed by atoms with Gasteiger partial charge in [0.05, 0.1) is 0 Å². The summed E-state index contributed by atoms with van der Waals surface area (Å²) in [6.45, 7) is 8.82. The maximum Gasteiger partial charge on any atom is 0.254 e. The standard InChI is InChI=1S/C20H22N2O2/c1-14-8-5-6-11-17(14)19-22-21-18(24-19)13-23-16-10-7-9-15(12-16)20(2,3)4/h5-12H,13H2,1-4H3. The largest absolute Gasteiger partial charge is 0.484 e. The van der Waals surface area contributed by atoms with Gasteiger partial charge in [-0.2, -0.15) is 0 Å². The van der Waals surface area contributed by atoms with Gasteiger partial charge >= 0.3 is 0 Å². The van der Waals surface area contributed by atoms with Crippen molar-refractivity contribution in [3.8, 4) is 17.2 Å². The van der Waals surface area contributed by atoms with Crippen molar-refractivity contribution in [1.82, 2.24) is 10.2 Å². The Morgan fingerprint density at radius 3 is 2.54 bits per heavy atom. The average Bonchev–Trinajstić information content (AvgIpc) is 3.02. The fourth-order valence-corrected chi connectivity index (χ4v) is 2.43. The first kappa shape index (κ1) is 16.2. The fraction of sp³-hybridized carbons (Fsp3) is 0.300. The first-order valence-electron chi connectivity index (χ1n) is 8.05. The summed E-state index contributed by atoms with van der Waals surface area (Å²) in [5, 5.41) is 8.20. The number of aryl methyl sites for hydroxylation is 1. The molecule has 4 nitrogen and oxygen atoms in total. The van der Waals surface area contributed by atoms with Crippen LogP contribution in [0.1, 0.15) is 37.8 Å². The van der Waals surface area contributed by atoms with Crippen molar-refractivity contribution in [3.05, 3.63) is 65.5 Å². The van der Waals surface area contributed by atoms with Crippen LogP contribution in [0.2, 0.25) is 0 Å². The summed E-state index contributed by atoms with van der Waals surface area (Å²) in [4.78, 5) is 0. The Morgan fingerprint density at radius 1 is 1.00 bits per heavy atom. The quantitative estimate of drug-likeness (QED) is 0.684. The summed E-state index contributed by atoms with van der Waals surface area (Å²) >= 11 is 0. The summed E-state index contributed by atoms with van der Waals surface area (Å²) in [7, 11) is 0. The summed E-state index contributed by atoms with van der Waals surface area (Å²) < 4.78 is 11.5. The van der Waals surface area contributed by atoms with E-state index in [9.17, 15) is 0 Å². The number of hydrogen-bond donors (Lipinski definition) is 0. The Labute approximate surface area is 142 Å². The molecule has 0 aliphatic heterocycles. The van der Waals surface area contributed by atoms with Crippen LogP contribution in [0.3, 0.4) is 0 Å². The third-order valence-electron chi connectivity index (χ3n) is 3.90. The molecular formula is C20H22N2O2. The molecule has 0 amide bonds. The second-order valence-electron chi connectivity index (χ2n) is 6.88. The van der Waals surface area contributed by atoms with E-state index >= 15 is 0 Å². The summed E-state index contributed by atoms with van der Waals surface area (Å²) in [6.07, 6.45) is 0. The smallest absolute Gasteiger partial charge is 0.254 e. The molecule has 1 heterocycles. The van der Waals surface area contributed by atoms with Crippen LogP contribution in [0, 0.1) is 6.92 Å². The molecule has 0 N–H and O–H groups in total. The second kappa shape index (κ2) is 6.48. The van der Waals surface area contributed by atoms with Crippen LogP contribution in [0.15, 0.2) is 52.9 Å². The molecular weight excluding hydrogens is 300 g/mol. The van der Waals surface area contributed by atoms with Crippen LogP contribution < -0.4 is 4.74 Å². The van der Waals surface area contributed by atoms with Gasteiger partial charge in [-0.25, -0.2) is 0 Å². The Kier molecular flexibility index (Phi) is 4.38. The minimum absolute atomic E-state index is 0.0852. The summed E-state index contributed by atoms with van der Waals surface area (Å²) in [5.41, 5.74) is 3.37. The van der Waals surface area contributed by atoms with Crippen molar-refractivity contribution in [2.75, 3.05) is 0 Å². The van der Waals surface area contributed by atoms with Gasteiger partial charge in [-0.1, -0.05) is 51.1 Å². The van der Waals surface area contributed by atoms with Gasteiger partial charge in [0.1, 0.15) is 5.75 Å².